The zero-order chi connectivity index (χ0) is 12.1. The maximum Gasteiger partial charge on any atom is 1.00 e. The second-order valence-corrected chi connectivity index (χ2v) is 4.22. The van der Waals surface area contributed by atoms with Gasteiger partial charge in [-0.3, -0.25) is 14.3 Å². The minimum Gasteiger partial charge on any atom is -0.780 e. The van der Waals surface area contributed by atoms with E-state index in [1.54, 1.807) is 0 Å². The van der Waals surface area contributed by atoms with E-state index in [1.165, 1.54) is 24.3 Å². The van der Waals surface area contributed by atoms with E-state index in [4.69, 9.17) is 18.4 Å². The molecule has 0 atom stereocenters. The quantitative estimate of drug-likeness (QED) is 0.280. The van der Waals surface area contributed by atoms with E-state index in [-0.39, 0.29) is 92.9 Å². The van der Waals surface area contributed by atoms with Crippen LogP contribution in [0.15, 0.2) is 24.3 Å². The van der Waals surface area contributed by atoms with Crippen LogP contribution in [-0.4, -0.2) is 23.3 Å². The zero-order valence-corrected chi connectivity index (χ0v) is 16.5. The van der Waals surface area contributed by atoms with Gasteiger partial charge in [-0.2, -0.15) is 0 Å². The predicted octanol–water partition coefficient (Wildman–Crippen LogP) is -5.70. The number of benzene rings is 1. The molecule has 0 heterocycles. The summed E-state index contributed by atoms with van der Waals surface area (Å²) in [6.45, 7) is 0. The van der Waals surface area contributed by atoms with Crippen molar-refractivity contribution >= 4 is 25.9 Å². The number of non-ortho nitro benzene ring substituents is 1. The first kappa shape index (κ1) is 27.7. The molecule has 1 aromatic carbocycles. The Labute approximate surface area is 168 Å². The van der Waals surface area contributed by atoms with Gasteiger partial charge in [-0.1, -0.05) is 0 Å². The van der Waals surface area contributed by atoms with Gasteiger partial charge < -0.3 is 14.2 Å². The van der Waals surface area contributed by atoms with Gasteiger partial charge in [0.05, 0.1) is 4.92 Å². The Morgan fingerprint density at radius 3 is 1.67 bits per heavy atom. The van der Waals surface area contributed by atoms with E-state index >= 15 is 0 Å². The molecule has 0 saturated carbocycles. The monoisotopic (exact) mass is 404 g/mol. The Hall–Kier alpha value is 1.45. The van der Waals surface area contributed by atoms with Crippen LogP contribution in [-0.2, 0) is 42.6 Å². The van der Waals surface area contributed by atoms with Crippen molar-refractivity contribution in [2.75, 3.05) is 0 Å². The van der Waals surface area contributed by atoms with Gasteiger partial charge in [0.15, 0.2) is 0 Å². The second kappa shape index (κ2) is 13.4. The van der Waals surface area contributed by atoms with Crippen LogP contribution in [0.5, 0.6) is 5.75 Å². The van der Waals surface area contributed by atoms with Crippen LogP contribution in [0, 0.1) is 10.1 Å². The molecule has 1 rings (SSSR count). The Balaban J connectivity index is -0.000000109. The Morgan fingerprint density at radius 1 is 1.17 bits per heavy atom. The summed E-state index contributed by atoms with van der Waals surface area (Å²) in [5.74, 6) is 0.0330. The molecule has 1 radical (unpaired) electrons. The van der Waals surface area contributed by atoms with Crippen molar-refractivity contribution in [2.45, 2.75) is 0 Å². The van der Waals surface area contributed by atoms with Crippen LogP contribution in [0.3, 0.4) is 0 Å². The third kappa shape index (κ3) is 19.8. The number of phenolic OH excluding ortho intramolecular Hbond substituents is 1. The Bertz CT molecular complexity index is 432. The SMILES string of the molecule is O=S([O-])([O-])=S.O=[N+]([O-])c1ccc(O)cc1.[Ag].[Na+].[Na+]. The van der Waals surface area contributed by atoms with Crippen LogP contribution in [0.25, 0.3) is 0 Å². The molecule has 1 N–H and O–H groups in total. The van der Waals surface area contributed by atoms with Gasteiger partial charge in [0, 0.05) is 34.5 Å². The maximum absolute atomic E-state index is 10.0. The van der Waals surface area contributed by atoms with Crippen molar-refractivity contribution in [2.24, 2.45) is 0 Å². The summed E-state index contributed by atoms with van der Waals surface area (Å²) in [5, 5.41) is 18.8. The van der Waals surface area contributed by atoms with Crippen molar-refractivity contribution in [1.82, 2.24) is 0 Å². The van der Waals surface area contributed by atoms with Crippen LogP contribution < -0.4 is 59.1 Å². The zero-order valence-electron chi connectivity index (χ0n) is 9.36. The molecule has 18 heavy (non-hydrogen) atoms. The first-order valence-electron chi connectivity index (χ1n) is 3.30. The third-order valence-corrected chi connectivity index (χ3v) is 1.06. The van der Waals surface area contributed by atoms with Crippen LogP contribution in [0.1, 0.15) is 0 Å². The molecule has 0 spiro atoms. The standard InChI is InChI=1S/C6H5NO3.Ag.2Na.H2O3S2/c8-6-3-1-5(2-4-6)7(9)10;;;;1-5(2,3)4/h1-4,8H;;;;(H2,1,2,3,4)/q;;2*+1;/p-2. The first-order valence-corrected chi connectivity index (χ1v) is 5.63. The number of phenols is 1. The minimum absolute atomic E-state index is 0. The predicted molar refractivity (Wildman–Crippen MR) is 51.8 cm³/mol. The molecule has 0 aliphatic rings. The number of nitro benzene ring substituents is 1. The molecule has 0 amide bonds. The fraction of sp³-hybridized carbons (Fsp3) is 0. The van der Waals surface area contributed by atoms with E-state index in [0.29, 0.717) is 0 Å². The minimum atomic E-state index is -4.33. The molecule has 0 unspecified atom stereocenters. The van der Waals surface area contributed by atoms with E-state index in [2.05, 4.69) is 11.2 Å². The average molecular weight is 405 g/mol. The number of nitro groups is 1. The van der Waals surface area contributed by atoms with Crippen molar-refractivity contribution in [1.29, 1.82) is 0 Å². The Morgan fingerprint density at radius 2 is 1.44 bits per heavy atom. The maximum atomic E-state index is 10.0. The molecule has 1 aromatic rings. The molecule has 0 aliphatic heterocycles. The van der Waals surface area contributed by atoms with Gasteiger partial charge in [-0.15, -0.1) is 9.05 Å². The fourth-order valence-corrected chi connectivity index (χ4v) is 0.574. The fourth-order valence-electron chi connectivity index (χ4n) is 0.574. The number of aromatic hydroxyl groups is 1. The van der Waals surface area contributed by atoms with Gasteiger partial charge in [0.2, 0.25) is 0 Å². The number of nitrogens with zero attached hydrogens (tertiary/aromatic N) is 1. The second-order valence-electron chi connectivity index (χ2n) is 2.18. The number of hydrogen-bond acceptors (Lipinski definition) is 7. The summed E-state index contributed by atoms with van der Waals surface area (Å²) in [6, 6.07) is 5.04. The van der Waals surface area contributed by atoms with E-state index < -0.39 is 14.0 Å². The summed E-state index contributed by atoms with van der Waals surface area (Å²) < 4.78 is 26.7. The van der Waals surface area contributed by atoms with Crippen molar-refractivity contribution in [3.05, 3.63) is 34.4 Å². The molecule has 12 heteroatoms. The van der Waals surface area contributed by atoms with Gasteiger partial charge in [0.25, 0.3) is 5.69 Å². The van der Waals surface area contributed by atoms with Crippen molar-refractivity contribution < 1.29 is 105 Å². The van der Waals surface area contributed by atoms with Crippen LogP contribution in [0.4, 0.5) is 5.69 Å². The Kier molecular flexibility index (Phi) is 20.7. The van der Waals surface area contributed by atoms with Crippen LogP contribution in [0.2, 0.25) is 0 Å². The van der Waals surface area contributed by atoms with Gasteiger partial charge in [0.1, 0.15) is 5.75 Å². The molecular formula is C6H5AgNNa2O6S2. The molecule has 7 nitrogen and oxygen atoms in total. The molecule has 0 saturated heterocycles. The van der Waals surface area contributed by atoms with E-state index in [1.807, 2.05) is 0 Å². The summed E-state index contributed by atoms with van der Waals surface area (Å²) >= 11 is 3.24. The van der Waals surface area contributed by atoms with Gasteiger partial charge >= 0.3 is 59.1 Å². The summed E-state index contributed by atoms with van der Waals surface area (Å²) in [6.07, 6.45) is 0. The first-order chi connectivity index (χ1) is 6.70. The third-order valence-electron chi connectivity index (χ3n) is 1.06. The van der Waals surface area contributed by atoms with E-state index in [9.17, 15) is 10.1 Å². The molecule has 0 bridgehead atoms. The smallest absolute Gasteiger partial charge is 0.780 e. The number of hydrogen-bond donors (Lipinski definition) is 1. The molecule has 95 valence electrons. The van der Waals surface area contributed by atoms with Gasteiger partial charge in [-0.05, 0) is 23.3 Å². The van der Waals surface area contributed by atoms with Crippen LogP contribution >= 0.6 is 0 Å². The average Bonchev–Trinajstić information content (AvgIpc) is 2.01. The van der Waals surface area contributed by atoms with Crippen molar-refractivity contribution in [3.63, 3.8) is 0 Å². The van der Waals surface area contributed by atoms with Gasteiger partial charge in [-0.25, -0.2) is 0 Å². The van der Waals surface area contributed by atoms with E-state index in [0.717, 1.165) is 0 Å². The number of rotatable bonds is 1. The normalized spacial score (nSPS) is 8.33. The molecule has 0 fully saturated rings. The summed E-state index contributed by atoms with van der Waals surface area (Å²) in [4.78, 5) is 9.52. The molecular weight excluding hydrogens is 400 g/mol. The summed E-state index contributed by atoms with van der Waals surface area (Å²) in [7, 11) is -4.33. The topological polar surface area (TPSA) is 127 Å². The largest absolute Gasteiger partial charge is 1.00 e. The molecule has 0 aromatic heterocycles. The molecule has 0 aliphatic carbocycles. The summed E-state index contributed by atoms with van der Waals surface area (Å²) in [5.41, 5.74) is -0.0159. The van der Waals surface area contributed by atoms with Crippen molar-refractivity contribution in [3.8, 4) is 5.75 Å².